The monoisotopic (exact) mass is 248 g/mol. The van der Waals surface area contributed by atoms with Crippen LogP contribution in [-0.2, 0) is 19.1 Å². The Labute approximate surface area is 101 Å². The maximum atomic E-state index is 11.4. The van der Waals surface area contributed by atoms with Gasteiger partial charge in [-0.15, -0.1) is 0 Å². The summed E-state index contributed by atoms with van der Waals surface area (Å²) in [6.07, 6.45) is 0. The first-order valence-corrected chi connectivity index (χ1v) is 5.20. The number of aliphatic carboxylic acids is 1. The first kappa shape index (κ1) is 15.8. The Kier molecular flexibility index (Phi) is 8.29. The van der Waals surface area contributed by atoms with Crippen LogP contribution in [0.5, 0.6) is 0 Å². The zero-order valence-electron chi connectivity index (χ0n) is 10.4. The van der Waals surface area contributed by atoms with Crippen molar-refractivity contribution in [1.29, 1.82) is 0 Å². The van der Waals surface area contributed by atoms with Crippen molar-refractivity contribution in [3.8, 4) is 0 Å². The van der Waals surface area contributed by atoms with Gasteiger partial charge in [0, 0.05) is 20.8 Å². The molecule has 1 unspecified atom stereocenters. The van der Waals surface area contributed by atoms with E-state index in [1.165, 1.54) is 19.1 Å². The van der Waals surface area contributed by atoms with Gasteiger partial charge in [-0.1, -0.05) is 0 Å². The van der Waals surface area contributed by atoms with Crippen molar-refractivity contribution in [3.05, 3.63) is 0 Å². The lowest BCUT2D eigenvalue weighted by atomic mass is 10.3. The molecule has 0 radical (unpaired) electrons. The van der Waals surface area contributed by atoms with Crippen molar-refractivity contribution in [1.82, 2.24) is 10.2 Å². The van der Waals surface area contributed by atoms with E-state index in [-0.39, 0.29) is 19.1 Å². The van der Waals surface area contributed by atoms with Gasteiger partial charge in [0.05, 0.1) is 19.8 Å². The van der Waals surface area contributed by atoms with E-state index in [0.717, 1.165) is 0 Å². The molecule has 0 aromatic rings. The highest BCUT2D eigenvalue weighted by Crippen LogP contribution is 1.97. The van der Waals surface area contributed by atoms with E-state index < -0.39 is 12.0 Å². The van der Waals surface area contributed by atoms with Crippen LogP contribution in [0.1, 0.15) is 0 Å². The fraction of sp³-hybridized carbons (Fsp3) is 0.800. The van der Waals surface area contributed by atoms with Gasteiger partial charge in [-0.25, -0.2) is 0 Å². The van der Waals surface area contributed by atoms with Gasteiger partial charge in [-0.3, -0.25) is 14.5 Å². The molecule has 7 nitrogen and oxygen atoms in total. The fourth-order valence-corrected chi connectivity index (χ4v) is 1.23. The molecule has 0 spiro atoms. The fourth-order valence-electron chi connectivity index (χ4n) is 1.23. The Bertz CT molecular complexity index is 247. The van der Waals surface area contributed by atoms with Gasteiger partial charge in [-0.05, 0) is 7.05 Å². The lowest BCUT2D eigenvalue weighted by Gasteiger charge is -2.23. The second-order valence-electron chi connectivity index (χ2n) is 3.57. The Morgan fingerprint density at radius 3 is 2.47 bits per heavy atom. The molecule has 0 saturated carbocycles. The lowest BCUT2D eigenvalue weighted by molar-refractivity contribution is -0.145. The van der Waals surface area contributed by atoms with Gasteiger partial charge in [0.25, 0.3) is 0 Å². The molecular formula is C10H20N2O5. The van der Waals surface area contributed by atoms with E-state index in [1.807, 2.05) is 0 Å². The minimum Gasteiger partial charge on any atom is -0.480 e. The largest absolute Gasteiger partial charge is 0.480 e. The van der Waals surface area contributed by atoms with Gasteiger partial charge >= 0.3 is 5.97 Å². The van der Waals surface area contributed by atoms with Gasteiger partial charge in [0.15, 0.2) is 0 Å². The normalized spacial score (nSPS) is 12.5. The molecule has 17 heavy (non-hydrogen) atoms. The third kappa shape index (κ3) is 6.88. The molecule has 0 aliphatic carbocycles. The molecule has 100 valence electrons. The average Bonchev–Trinajstić information content (AvgIpc) is 2.25. The number of amides is 1. The predicted octanol–water partition coefficient (Wildman–Crippen LogP) is -1.22. The number of ether oxygens (including phenoxy) is 2. The minimum absolute atomic E-state index is 0.00401. The van der Waals surface area contributed by atoms with Gasteiger partial charge in [0.2, 0.25) is 5.91 Å². The molecule has 0 bridgehead atoms. The number of hydrogen-bond donors (Lipinski definition) is 2. The highest BCUT2D eigenvalue weighted by atomic mass is 16.5. The number of carbonyl (C=O) groups is 2. The van der Waals surface area contributed by atoms with E-state index >= 15 is 0 Å². The zero-order valence-corrected chi connectivity index (χ0v) is 10.4. The van der Waals surface area contributed by atoms with Crippen LogP contribution >= 0.6 is 0 Å². The molecule has 0 rings (SSSR count). The first-order chi connectivity index (χ1) is 8.02. The summed E-state index contributed by atoms with van der Waals surface area (Å²) in [6, 6.07) is -0.826. The van der Waals surface area contributed by atoms with E-state index in [0.29, 0.717) is 13.2 Å². The van der Waals surface area contributed by atoms with Gasteiger partial charge in [0.1, 0.15) is 6.04 Å². The van der Waals surface area contributed by atoms with Gasteiger partial charge in [-0.2, -0.15) is 0 Å². The summed E-state index contributed by atoms with van der Waals surface area (Å²) >= 11 is 0. The summed E-state index contributed by atoms with van der Waals surface area (Å²) in [5.41, 5.74) is 0. The minimum atomic E-state index is -1.01. The van der Waals surface area contributed by atoms with Crippen molar-refractivity contribution in [2.75, 3.05) is 47.6 Å². The molecule has 0 fully saturated rings. The number of nitrogens with zero attached hydrogens (tertiary/aromatic N) is 1. The Hall–Kier alpha value is -1.18. The van der Waals surface area contributed by atoms with Crippen LogP contribution in [-0.4, -0.2) is 75.5 Å². The summed E-state index contributed by atoms with van der Waals surface area (Å²) in [5, 5.41) is 11.5. The number of carboxylic acids is 1. The summed E-state index contributed by atoms with van der Waals surface area (Å²) in [6.45, 7) is 0.877. The Balaban J connectivity index is 4.06. The average molecular weight is 248 g/mol. The third-order valence-corrected chi connectivity index (χ3v) is 2.16. The molecule has 0 aromatic carbocycles. The highest BCUT2D eigenvalue weighted by molar-refractivity contribution is 5.79. The third-order valence-electron chi connectivity index (χ3n) is 2.16. The molecule has 0 aromatic heterocycles. The lowest BCUT2D eigenvalue weighted by Crippen LogP contribution is -2.46. The van der Waals surface area contributed by atoms with Crippen LogP contribution in [0.3, 0.4) is 0 Å². The SMILES string of the molecule is COCCNC(=O)CN(C)C(COC)C(=O)O. The highest BCUT2D eigenvalue weighted by Gasteiger charge is 2.23. The van der Waals surface area contributed by atoms with Crippen molar-refractivity contribution in [3.63, 3.8) is 0 Å². The van der Waals surface area contributed by atoms with Crippen LogP contribution in [0.25, 0.3) is 0 Å². The Morgan fingerprint density at radius 1 is 1.35 bits per heavy atom. The summed E-state index contributed by atoms with van der Waals surface area (Å²) in [4.78, 5) is 23.7. The van der Waals surface area contributed by atoms with Crippen molar-refractivity contribution >= 4 is 11.9 Å². The molecule has 0 heterocycles. The van der Waals surface area contributed by atoms with Crippen molar-refractivity contribution < 1.29 is 24.2 Å². The summed E-state index contributed by atoms with van der Waals surface area (Å²) in [7, 11) is 4.52. The molecule has 1 atom stereocenters. The molecule has 0 aliphatic rings. The number of hydrogen-bond acceptors (Lipinski definition) is 5. The molecule has 2 N–H and O–H groups in total. The van der Waals surface area contributed by atoms with Crippen LogP contribution in [0, 0.1) is 0 Å². The maximum Gasteiger partial charge on any atom is 0.323 e. The standard InChI is InChI=1S/C10H20N2O5/c1-12(8(7-17-3)10(14)15)6-9(13)11-4-5-16-2/h8H,4-7H2,1-3H3,(H,11,13)(H,14,15). The molecule has 0 aliphatic heterocycles. The number of nitrogens with one attached hydrogen (secondary N) is 1. The van der Waals surface area contributed by atoms with Crippen LogP contribution in [0.4, 0.5) is 0 Å². The van der Waals surface area contributed by atoms with Gasteiger partial charge < -0.3 is 19.9 Å². The first-order valence-electron chi connectivity index (χ1n) is 5.20. The molecule has 1 amide bonds. The maximum absolute atomic E-state index is 11.4. The predicted molar refractivity (Wildman–Crippen MR) is 60.8 cm³/mol. The quantitative estimate of drug-likeness (QED) is 0.497. The smallest absolute Gasteiger partial charge is 0.323 e. The van der Waals surface area contributed by atoms with E-state index in [4.69, 9.17) is 14.6 Å². The second-order valence-corrected chi connectivity index (χ2v) is 3.57. The number of carboxylic acid groups (broad SMARTS) is 1. The number of carbonyl (C=O) groups excluding carboxylic acids is 1. The summed E-state index contributed by atoms with van der Waals surface area (Å²) < 4.78 is 9.57. The zero-order chi connectivity index (χ0) is 13.3. The molecule has 0 saturated heterocycles. The van der Waals surface area contributed by atoms with Crippen molar-refractivity contribution in [2.45, 2.75) is 6.04 Å². The number of rotatable bonds is 9. The van der Waals surface area contributed by atoms with Crippen LogP contribution in [0.2, 0.25) is 0 Å². The van der Waals surface area contributed by atoms with E-state index in [2.05, 4.69) is 5.32 Å². The topological polar surface area (TPSA) is 88.1 Å². The van der Waals surface area contributed by atoms with Crippen LogP contribution in [0.15, 0.2) is 0 Å². The number of methoxy groups -OCH3 is 2. The second kappa shape index (κ2) is 8.91. The van der Waals surface area contributed by atoms with E-state index in [9.17, 15) is 9.59 Å². The molecular weight excluding hydrogens is 228 g/mol. The number of likely N-dealkylation sites (N-methyl/N-ethyl adjacent to an activating group) is 1. The van der Waals surface area contributed by atoms with Crippen molar-refractivity contribution in [2.24, 2.45) is 0 Å². The Morgan fingerprint density at radius 2 is 2.00 bits per heavy atom. The summed E-state index contributed by atoms with van der Waals surface area (Å²) in [5.74, 6) is -1.26. The van der Waals surface area contributed by atoms with E-state index in [1.54, 1.807) is 7.05 Å². The van der Waals surface area contributed by atoms with Crippen LogP contribution < -0.4 is 5.32 Å². The molecule has 7 heteroatoms.